The molecule has 3 heteroatoms. The number of likely N-dealkylation sites (tertiary alicyclic amines) is 1. The number of hydrogen-bond donors (Lipinski definition) is 1. The summed E-state index contributed by atoms with van der Waals surface area (Å²) in [6.07, 6.45) is 6.89. The average Bonchev–Trinajstić information content (AvgIpc) is 2.53. The lowest BCUT2D eigenvalue weighted by Gasteiger charge is -2.33. The van der Waals surface area contributed by atoms with Crippen LogP contribution in [0.2, 0.25) is 0 Å². The molecule has 2 fully saturated rings. The van der Waals surface area contributed by atoms with Crippen molar-refractivity contribution in [1.82, 2.24) is 4.90 Å². The van der Waals surface area contributed by atoms with Crippen LogP contribution in [-0.2, 0) is 0 Å². The van der Waals surface area contributed by atoms with Crippen LogP contribution in [0.4, 0.5) is 0 Å². The first-order valence-corrected chi connectivity index (χ1v) is 5.75. The molecule has 2 aliphatic rings. The Bertz CT molecular complexity index is 167. The van der Waals surface area contributed by atoms with Crippen LogP contribution in [0.5, 0.6) is 0 Å². The highest BCUT2D eigenvalue weighted by Crippen LogP contribution is 2.28. The smallest absolute Gasteiger partial charge is 0.0180 e. The van der Waals surface area contributed by atoms with Crippen LogP contribution in [0, 0.1) is 5.92 Å². The summed E-state index contributed by atoms with van der Waals surface area (Å²) in [4.78, 5) is 2.62. The van der Waals surface area contributed by atoms with Crippen molar-refractivity contribution >= 4 is 12.4 Å². The molecule has 1 atom stereocenters. The van der Waals surface area contributed by atoms with Crippen molar-refractivity contribution in [3.63, 3.8) is 0 Å². The lowest BCUT2D eigenvalue weighted by Crippen LogP contribution is -2.37. The summed E-state index contributed by atoms with van der Waals surface area (Å²) >= 11 is 0. The molecule has 0 spiro atoms. The average molecular weight is 219 g/mol. The Morgan fingerprint density at radius 3 is 2.21 bits per heavy atom. The lowest BCUT2D eigenvalue weighted by atomic mass is 9.87. The van der Waals surface area contributed by atoms with E-state index in [0.717, 1.165) is 18.5 Å². The number of rotatable bonds is 1. The van der Waals surface area contributed by atoms with Crippen LogP contribution >= 0.6 is 12.4 Å². The van der Waals surface area contributed by atoms with Gasteiger partial charge in [-0.05, 0) is 38.0 Å². The Morgan fingerprint density at radius 1 is 1.07 bits per heavy atom. The SMILES string of the molecule is C[C@H]1CC[C@@H](N2CCC(N)C2)CC1.Cl. The minimum Gasteiger partial charge on any atom is -0.326 e. The zero-order valence-corrected chi connectivity index (χ0v) is 9.93. The summed E-state index contributed by atoms with van der Waals surface area (Å²) in [5.41, 5.74) is 5.92. The van der Waals surface area contributed by atoms with E-state index in [9.17, 15) is 0 Å². The van der Waals surface area contributed by atoms with Gasteiger partial charge in [-0.2, -0.15) is 0 Å². The molecule has 1 unspecified atom stereocenters. The van der Waals surface area contributed by atoms with Gasteiger partial charge in [-0.3, -0.25) is 4.90 Å². The molecule has 14 heavy (non-hydrogen) atoms. The summed E-state index contributed by atoms with van der Waals surface area (Å²) < 4.78 is 0. The highest BCUT2D eigenvalue weighted by atomic mass is 35.5. The molecule has 0 amide bonds. The van der Waals surface area contributed by atoms with Gasteiger partial charge >= 0.3 is 0 Å². The van der Waals surface area contributed by atoms with E-state index < -0.39 is 0 Å². The molecule has 0 aromatic heterocycles. The van der Waals surface area contributed by atoms with Crippen LogP contribution < -0.4 is 5.73 Å². The zero-order chi connectivity index (χ0) is 9.26. The third kappa shape index (κ3) is 2.85. The normalized spacial score (nSPS) is 39.4. The Kier molecular flexibility index (Phi) is 4.68. The van der Waals surface area contributed by atoms with E-state index in [0.29, 0.717) is 6.04 Å². The molecule has 1 saturated carbocycles. The van der Waals surface area contributed by atoms with E-state index in [4.69, 9.17) is 5.73 Å². The highest BCUT2D eigenvalue weighted by Gasteiger charge is 2.28. The van der Waals surface area contributed by atoms with Crippen molar-refractivity contribution in [3.8, 4) is 0 Å². The molecular formula is C11H23ClN2. The monoisotopic (exact) mass is 218 g/mol. The maximum absolute atomic E-state index is 5.92. The van der Waals surface area contributed by atoms with E-state index in [1.165, 1.54) is 38.6 Å². The molecule has 0 radical (unpaired) electrons. The number of nitrogens with two attached hydrogens (primary N) is 1. The van der Waals surface area contributed by atoms with Gasteiger partial charge in [-0.1, -0.05) is 6.92 Å². The largest absolute Gasteiger partial charge is 0.326 e. The van der Waals surface area contributed by atoms with Crippen LogP contribution in [0.25, 0.3) is 0 Å². The second-order valence-corrected chi connectivity index (χ2v) is 4.96. The molecule has 1 aliphatic heterocycles. The van der Waals surface area contributed by atoms with E-state index in [1.807, 2.05) is 0 Å². The molecule has 1 saturated heterocycles. The van der Waals surface area contributed by atoms with Crippen LogP contribution in [0.1, 0.15) is 39.0 Å². The summed E-state index contributed by atoms with van der Waals surface area (Å²) in [5.74, 6) is 0.965. The van der Waals surface area contributed by atoms with Crippen molar-refractivity contribution in [1.29, 1.82) is 0 Å². The molecule has 2 N–H and O–H groups in total. The Morgan fingerprint density at radius 2 is 1.71 bits per heavy atom. The standard InChI is InChI=1S/C11H22N2.ClH/c1-9-2-4-11(5-3-9)13-7-6-10(12)8-13;/h9-11H,2-8,12H2,1H3;1H/t9-,10?,11+;. The van der Waals surface area contributed by atoms with Crippen molar-refractivity contribution in [3.05, 3.63) is 0 Å². The summed E-state index contributed by atoms with van der Waals surface area (Å²) in [6, 6.07) is 1.32. The lowest BCUT2D eigenvalue weighted by molar-refractivity contribution is 0.168. The second kappa shape index (κ2) is 5.34. The van der Waals surface area contributed by atoms with Gasteiger partial charge in [0.15, 0.2) is 0 Å². The van der Waals surface area contributed by atoms with E-state index in [1.54, 1.807) is 0 Å². The van der Waals surface area contributed by atoms with Crippen molar-refractivity contribution in [2.45, 2.75) is 51.1 Å². The van der Waals surface area contributed by atoms with Gasteiger partial charge in [0.2, 0.25) is 0 Å². The summed E-state index contributed by atoms with van der Waals surface area (Å²) in [6.45, 7) is 4.78. The van der Waals surface area contributed by atoms with Gasteiger partial charge in [-0.15, -0.1) is 12.4 Å². The molecule has 1 heterocycles. The molecule has 2 rings (SSSR count). The third-order valence-corrected chi connectivity index (χ3v) is 3.76. The molecule has 0 aromatic rings. The Hall–Kier alpha value is 0.210. The second-order valence-electron chi connectivity index (χ2n) is 4.96. The van der Waals surface area contributed by atoms with E-state index in [-0.39, 0.29) is 12.4 Å². The first kappa shape index (κ1) is 12.3. The van der Waals surface area contributed by atoms with Crippen LogP contribution in [0.15, 0.2) is 0 Å². The maximum Gasteiger partial charge on any atom is 0.0180 e. The molecular weight excluding hydrogens is 196 g/mol. The maximum atomic E-state index is 5.92. The summed E-state index contributed by atoms with van der Waals surface area (Å²) in [5, 5.41) is 0. The van der Waals surface area contributed by atoms with E-state index in [2.05, 4.69) is 11.8 Å². The number of halogens is 1. The summed E-state index contributed by atoms with van der Waals surface area (Å²) in [7, 11) is 0. The predicted octanol–water partition coefficient (Wildman–Crippen LogP) is 2.02. The van der Waals surface area contributed by atoms with Crippen molar-refractivity contribution < 1.29 is 0 Å². The van der Waals surface area contributed by atoms with Crippen molar-refractivity contribution in [2.24, 2.45) is 11.7 Å². The fourth-order valence-corrected chi connectivity index (χ4v) is 2.75. The van der Waals surface area contributed by atoms with Gasteiger partial charge in [0.1, 0.15) is 0 Å². The first-order chi connectivity index (χ1) is 6.25. The van der Waals surface area contributed by atoms with Gasteiger partial charge in [-0.25, -0.2) is 0 Å². The fourth-order valence-electron chi connectivity index (χ4n) is 2.75. The third-order valence-electron chi connectivity index (χ3n) is 3.76. The van der Waals surface area contributed by atoms with Crippen LogP contribution in [0.3, 0.4) is 0 Å². The minimum atomic E-state index is 0. The van der Waals surface area contributed by atoms with E-state index >= 15 is 0 Å². The van der Waals surface area contributed by atoms with Gasteiger partial charge < -0.3 is 5.73 Å². The fraction of sp³-hybridized carbons (Fsp3) is 1.00. The quantitative estimate of drug-likeness (QED) is 0.730. The molecule has 0 aromatic carbocycles. The molecule has 2 nitrogen and oxygen atoms in total. The minimum absolute atomic E-state index is 0. The highest BCUT2D eigenvalue weighted by molar-refractivity contribution is 5.85. The number of hydrogen-bond acceptors (Lipinski definition) is 2. The predicted molar refractivity (Wildman–Crippen MR) is 62.8 cm³/mol. The van der Waals surface area contributed by atoms with Crippen molar-refractivity contribution in [2.75, 3.05) is 13.1 Å². The van der Waals surface area contributed by atoms with Gasteiger partial charge in [0, 0.05) is 25.2 Å². The zero-order valence-electron chi connectivity index (χ0n) is 9.11. The van der Waals surface area contributed by atoms with Gasteiger partial charge in [0.25, 0.3) is 0 Å². The Balaban J connectivity index is 0.000000980. The Labute approximate surface area is 93.6 Å². The van der Waals surface area contributed by atoms with Crippen LogP contribution in [-0.4, -0.2) is 30.1 Å². The molecule has 0 bridgehead atoms. The first-order valence-electron chi connectivity index (χ1n) is 5.75. The molecule has 1 aliphatic carbocycles. The number of nitrogens with zero attached hydrogens (tertiary/aromatic N) is 1. The van der Waals surface area contributed by atoms with Gasteiger partial charge in [0.05, 0.1) is 0 Å². The molecule has 84 valence electrons. The topological polar surface area (TPSA) is 29.3 Å².